The molecule has 0 aliphatic carbocycles. The van der Waals surface area contributed by atoms with Gasteiger partial charge in [0, 0.05) is 18.5 Å². The number of halogens is 6. The summed E-state index contributed by atoms with van der Waals surface area (Å²) in [6.07, 6.45) is -7.51. The summed E-state index contributed by atoms with van der Waals surface area (Å²) >= 11 is 0. The highest BCUT2D eigenvalue weighted by Gasteiger charge is 2.37. The van der Waals surface area contributed by atoms with E-state index in [1.807, 2.05) is 0 Å². The number of unbranched alkanes of at least 4 members (excludes halogenated alkanes) is 3. The molecule has 0 aliphatic rings. The molecule has 4 N–H and O–H groups in total. The van der Waals surface area contributed by atoms with E-state index >= 15 is 0 Å². The topological polar surface area (TPSA) is 84.2 Å². The fourth-order valence-electron chi connectivity index (χ4n) is 2.98. The second kappa shape index (κ2) is 11.1. The molecule has 2 aromatic rings. The fourth-order valence-corrected chi connectivity index (χ4v) is 2.98. The maximum absolute atomic E-state index is 12.9. The number of amides is 2. The molecule has 2 rings (SSSR count). The molecule has 0 heterocycles. The standard InChI is InChI=1S/C22H23F6N3O2/c23-21(24,25)15-11-14(12-16(13-15)22(26,27)28)20(33)30-10-6-2-1-3-9-19(32)31-18-8-5-4-7-17(18)29/h4-5,7-8,11-13H,1-3,6,9-10,29H2,(H,30,33)(H,31,32). The molecule has 33 heavy (non-hydrogen) atoms. The van der Waals surface area contributed by atoms with E-state index < -0.39 is 35.0 Å². The van der Waals surface area contributed by atoms with Crippen molar-refractivity contribution in [3.8, 4) is 0 Å². The van der Waals surface area contributed by atoms with Crippen molar-refractivity contribution in [3.05, 3.63) is 59.2 Å². The average molecular weight is 475 g/mol. The van der Waals surface area contributed by atoms with Crippen molar-refractivity contribution < 1.29 is 35.9 Å². The monoisotopic (exact) mass is 475 g/mol. The Labute approximate surface area is 186 Å². The van der Waals surface area contributed by atoms with Crippen molar-refractivity contribution in [3.63, 3.8) is 0 Å². The number of nitrogens with one attached hydrogen (secondary N) is 2. The second-order valence-electron chi connectivity index (χ2n) is 7.35. The quantitative estimate of drug-likeness (QED) is 0.250. The third-order valence-corrected chi connectivity index (χ3v) is 4.70. The third kappa shape index (κ3) is 8.32. The minimum atomic E-state index is -5.02. The first kappa shape index (κ1) is 26.0. The summed E-state index contributed by atoms with van der Waals surface area (Å²) in [6.45, 7) is 0.0726. The summed E-state index contributed by atoms with van der Waals surface area (Å²) in [5, 5.41) is 5.02. The molecule has 0 aliphatic heterocycles. The molecule has 0 radical (unpaired) electrons. The van der Waals surface area contributed by atoms with Gasteiger partial charge in [-0.05, 0) is 43.2 Å². The Hall–Kier alpha value is -3.24. The molecule has 0 aromatic heterocycles. The lowest BCUT2D eigenvalue weighted by Gasteiger charge is -2.14. The first-order chi connectivity index (χ1) is 15.4. The molecule has 180 valence electrons. The number of anilines is 2. The van der Waals surface area contributed by atoms with E-state index in [4.69, 9.17) is 5.73 Å². The third-order valence-electron chi connectivity index (χ3n) is 4.70. The van der Waals surface area contributed by atoms with Crippen LogP contribution in [0.25, 0.3) is 0 Å². The molecule has 0 unspecified atom stereocenters. The number of hydrogen-bond donors (Lipinski definition) is 3. The zero-order valence-corrected chi connectivity index (χ0v) is 17.4. The number of hydrogen-bond acceptors (Lipinski definition) is 3. The Morgan fingerprint density at radius 3 is 1.97 bits per heavy atom. The Bertz CT molecular complexity index is 941. The van der Waals surface area contributed by atoms with Crippen LogP contribution in [0.15, 0.2) is 42.5 Å². The van der Waals surface area contributed by atoms with Crippen molar-refractivity contribution in [1.29, 1.82) is 0 Å². The van der Waals surface area contributed by atoms with E-state index in [0.29, 0.717) is 49.2 Å². The first-order valence-corrected chi connectivity index (χ1v) is 10.1. The van der Waals surface area contributed by atoms with E-state index in [1.165, 1.54) is 0 Å². The Morgan fingerprint density at radius 2 is 1.39 bits per heavy atom. The summed E-state index contributed by atoms with van der Waals surface area (Å²) in [5.74, 6) is -1.22. The molecule has 0 saturated carbocycles. The summed E-state index contributed by atoms with van der Waals surface area (Å²) < 4.78 is 77.3. The van der Waals surface area contributed by atoms with Gasteiger partial charge in [-0.25, -0.2) is 0 Å². The largest absolute Gasteiger partial charge is 0.416 e. The maximum Gasteiger partial charge on any atom is 0.416 e. The zero-order chi connectivity index (χ0) is 24.6. The summed E-state index contributed by atoms with van der Waals surface area (Å²) in [4.78, 5) is 24.0. The number of rotatable bonds is 9. The second-order valence-corrected chi connectivity index (χ2v) is 7.35. The Morgan fingerprint density at radius 1 is 0.818 bits per heavy atom. The molecule has 2 amide bonds. The van der Waals surface area contributed by atoms with Crippen LogP contribution >= 0.6 is 0 Å². The van der Waals surface area contributed by atoms with Gasteiger partial charge in [0.15, 0.2) is 0 Å². The number of nitrogens with two attached hydrogens (primary N) is 1. The van der Waals surface area contributed by atoms with Gasteiger partial charge < -0.3 is 16.4 Å². The van der Waals surface area contributed by atoms with Crippen LogP contribution in [0.1, 0.15) is 53.6 Å². The number of carbonyl (C=O) groups is 2. The number of nitrogen functional groups attached to an aromatic ring is 1. The summed E-state index contributed by atoms with van der Waals surface area (Å²) in [5.41, 5.74) is 2.91. The van der Waals surface area contributed by atoms with E-state index in [9.17, 15) is 35.9 Å². The summed E-state index contributed by atoms with van der Waals surface area (Å²) in [7, 11) is 0. The number of para-hydroxylation sites is 2. The van der Waals surface area contributed by atoms with Crippen molar-refractivity contribution in [2.45, 2.75) is 44.5 Å². The Kier molecular flexibility index (Phi) is 8.72. The molecule has 11 heteroatoms. The van der Waals surface area contributed by atoms with Gasteiger partial charge in [-0.2, -0.15) is 26.3 Å². The molecule has 0 bridgehead atoms. The van der Waals surface area contributed by atoms with Gasteiger partial charge in [0.05, 0.1) is 22.5 Å². The lowest BCUT2D eigenvalue weighted by molar-refractivity contribution is -0.143. The van der Waals surface area contributed by atoms with E-state index in [-0.39, 0.29) is 24.9 Å². The molecule has 0 atom stereocenters. The van der Waals surface area contributed by atoms with Gasteiger partial charge in [-0.15, -0.1) is 0 Å². The van der Waals surface area contributed by atoms with Crippen molar-refractivity contribution in [2.75, 3.05) is 17.6 Å². The van der Waals surface area contributed by atoms with Crippen LogP contribution in [0.2, 0.25) is 0 Å². The van der Waals surface area contributed by atoms with Gasteiger partial charge in [0.25, 0.3) is 5.91 Å². The highest BCUT2D eigenvalue weighted by molar-refractivity contribution is 5.95. The minimum absolute atomic E-state index is 0.0287. The predicted octanol–water partition coefficient (Wildman–Crippen LogP) is 5.63. The molecule has 5 nitrogen and oxygen atoms in total. The summed E-state index contributed by atoms with van der Waals surface area (Å²) in [6, 6.07) is 7.57. The van der Waals surface area contributed by atoms with E-state index in [0.717, 1.165) is 0 Å². The molecular formula is C22H23F6N3O2. The van der Waals surface area contributed by atoms with Crippen molar-refractivity contribution in [1.82, 2.24) is 5.32 Å². The van der Waals surface area contributed by atoms with E-state index in [1.54, 1.807) is 24.3 Å². The zero-order valence-electron chi connectivity index (χ0n) is 17.4. The van der Waals surface area contributed by atoms with Gasteiger partial charge in [-0.3, -0.25) is 9.59 Å². The lowest BCUT2D eigenvalue weighted by Crippen LogP contribution is -2.25. The van der Waals surface area contributed by atoms with Crippen LogP contribution in [0, 0.1) is 0 Å². The molecule has 2 aromatic carbocycles. The van der Waals surface area contributed by atoms with Crippen molar-refractivity contribution in [2.24, 2.45) is 0 Å². The van der Waals surface area contributed by atoms with Gasteiger partial charge >= 0.3 is 12.4 Å². The van der Waals surface area contributed by atoms with Gasteiger partial charge in [0.2, 0.25) is 5.91 Å². The van der Waals surface area contributed by atoms with Crippen LogP contribution in [-0.2, 0) is 17.1 Å². The van der Waals surface area contributed by atoms with Crippen LogP contribution in [-0.4, -0.2) is 18.4 Å². The number of alkyl halides is 6. The fraction of sp³-hybridized carbons (Fsp3) is 0.364. The maximum atomic E-state index is 12.9. The van der Waals surface area contributed by atoms with Gasteiger partial charge in [-0.1, -0.05) is 25.0 Å². The number of carbonyl (C=O) groups excluding carboxylic acids is 2. The molecule has 0 spiro atoms. The highest BCUT2D eigenvalue weighted by Crippen LogP contribution is 2.36. The van der Waals surface area contributed by atoms with Crippen molar-refractivity contribution >= 4 is 23.2 Å². The lowest BCUT2D eigenvalue weighted by atomic mass is 10.0. The smallest absolute Gasteiger partial charge is 0.397 e. The molecular weight excluding hydrogens is 452 g/mol. The predicted molar refractivity (Wildman–Crippen MR) is 111 cm³/mol. The highest BCUT2D eigenvalue weighted by atomic mass is 19.4. The first-order valence-electron chi connectivity index (χ1n) is 10.1. The van der Waals surface area contributed by atoms with Crippen LogP contribution in [0.5, 0.6) is 0 Å². The SMILES string of the molecule is Nc1ccccc1NC(=O)CCCCCCNC(=O)c1cc(C(F)(F)F)cc(C(F)(F)F)c1. The molecule has 0 saturated heterocycles. The normalized spacial score (nSPS) is 11.8. The van der Waals surface area contributed by atoms with E-state index in [2.05, 4.69) is 10.6 Å². The average Bonchev–Trinajstić information content (AvgIpc) is 2.73. The van der Waals surface area contributed by atoms with Gasteiger partial charge in [0.1, 0.15) is 0 Å². The van der Waals surface area contributed by atoms with Crippen LogP contribution in [0.4, 0.5) is 37.7 Å². The molecule has 0 fully saturated rings. The van der Waals surface area contributed by atoms with Crippen LogP contribution < -0.4 is 16.4 Å². The number of benzene rings is 2. The minimum Gasteiger partial charge on any atom is -0.397 e. The van der Waals surface area contributed by atoms with Crippen LogP contribution in [0.3, 0.4) is 0 Å². The Balaban J connectivity index is 1.76.